The fourth-order valence-electron chi connectivity index (χ4n) is 2.08. The van der Waals surface area contributed by atoms with E-state index in [1.54, 1.807) is 6.92 Å². The SMILES string of the molecule is C[C@@H](O)c1cc(Br)ccc1OCCCc1ccccc1. The van der Waals surface area contributed by atoms with E-state index in [-0.39, 0.29) is 0 Å². The standard InChI is InChI=1S/C17H19BrO2/c1-13(19)16-12-15(18)9-10-17(16)20-11-5-8-14-6-3-2-4-7-14/h2-4,6-7,9-10,12-13,19H,5,8,11H2,1H3/t13-/m1/s1. The van der Waals surface area contributed by atoms with Crippen molar-refractivity contribution in [2.45, 2.75) is 25.9 Å². The van der Waals surface area contributed by atoms with Crippen LogP contribution < -0.4 is 4.74 Å². The minimum atomic E-state index is -0.531. The van der Waals surface area contributed by atoms with Crippen LogP contribution in [0.5, 0.6) is 5.75 Å². The molecule has 0 amide bonds. The highest BCUT2D eigenvalue weighted by atomic mass is 79.9. The molecule has 0 radical (unpaired) electrons. The van der Waals surface area contributed by atoms with E-state index >= 15 is 0 Å². The summed E-state index contributed by atoms with van der Waals surface area (Å²) < 4.78 is 6.74. The van der Waals surface area contributed by atoms with Crippen molar-refractivity contribution in [2.75, 3.05) is 6.61 Å². The van der Waals surface area contributed by atoms with Crippen molar-refractivity contribution >= 4 is 15.9 Å². The molecular formula is C17H19BrO2. The molecule has 0 aliphatic rings. The maximum absolute atomic E-state index is 9.76. The molecule has 2 nitrogen and oxygen atoms in total. The first kappa shape index (κ1) is 15.1. The lowest BCUT2D eigenvalue weighted by atomic mass is 10.1. The van der Waals surface area contributed by atoms with Gasteiger partial charge in [0.1, 0.15) is 5.75 Å². The molecule has 0 heterocycles. The lowest BCUT2D eigenvalue weighted by Crippen LogP contribution is -2.03. The van der Waals surface area contributed by atoms with Crippen LogP contribution >= 0.6 is 15.9 Å². The molecule has 0 fully saturated rings. The first-order valence-electron chi connectivity index (χ1n) is 6.81. The molecule has 0 aliphatic carbocycles. The summed E-state index contributed by atoms with van der Waals surface area (Å²) in [6.07, 6.45) is 1.43. The zero-order chi connectivity index (χ0) is 14.4. The van der Waals surface area contributed by atoms with Gasteiger partial charge >= 0.3 is 0 Å². The second-order valence-corrected chi connectivity index (χ2v) is 5.71. The van der Waals surface area contributed by atoms with Crippen molar-refractivity contribution in [2.24, 2.45) is 0 Å². The molecule has 0 aliphatic heterocycles. The fourth-order valence-corrected chi connectivity index (χ4v) is 2.46. The third-order valence-electron chi connectivity index (χ3n) is 3.13. The van der Waals surface area contributed by atoms with Gasteiger partial charge in [0.25, 0.3) is 0 Å². The molecule has 2 aromatic rings. The van der Waals surface area contributed by atoms with Gasteiger partial charge in [-0.15, -0.1) is 0 Å². The number of benzene rings is 2. The van der Waals surface area contributed by atoms with Gasteiger partial charge in [0.2, 0.25) is 0 Å². The van der Waals surface area contributed by atoms with Crippen molar-refractivity contribution in [3.05, 3.63) is 64.1 Å². The monoisotopic (exact) mass is 334 g/mol. The van der Waals surface area contributed by atoms with E-state index in [4.69, 9.17) is 4.74 Å². The summed E-state index contributed by atoms with van der Waals surface area (Å²) in [5, 5.41) is 9.76. The number of aliphatic hydroxyl groups is 1. The Hall–Kier alpha value is -1.32. The summed E-state index contributed by atoms with van der Waals surface area (Å²) in [5.41, 5.74) is 2.14. The van der Waals surface area contributed by atoms with Gasteiger partial charge in [-0.25, -0.2) is 0 Å². The maximum Gasteiger partial charge on any atom is 0.125 e. The first-order valence-corrected chi connectivity index (χ1v) is 7.60. The number of aryl methyl sites for hydroxylation is 1. The van der Waals surface area contributed by atoms with Gasteiger partial charge in [-0.2, -0.15) is 0 Å². The van der Waals surface area contributed by atoms with Crippen LogP contribution in [0.3, 0.4) is 0 Å². The second-order valence-electron chi connectivity index (χ2n) is 4.80. The lowest BCUT2D eigenvalue weighted by molar-refractivity contribution is 0.191. The molecule has 0 saturated heterocycles. The zero-order valence-corrected chi connectivity index (χ0v) is 13.1. The predicted molar refractivity (Wildman–Crippen MR) is 85.0 cm³/mol. The Balaban J connectivity index is 1.88. The first-order chi connectivity index (χ1) is 9.66. The van der Waals surface area contributed by atoms with Crippen LogP contribution in [0.25, 0.3) is 0 Å². The molecule has 2 aromatic carbocycles. The summed E-state index contributed by atoms with van der Waals surface area (Å²) in [6, 6.07) is 16.1. The Kier molecular flexibility index (Phi) is 5.62. The Morgan fingerprint density at radius 3 is 2.60 bits per heavy atom. The van der Waals surface area contributed by atoms with E-state index in [0.29, 0.717) is 6.61 Å². The third-order valence-corrected chi connectivity index (χ3v) is 3.63. The molecule has 0 saturated carbocycles. The Bertz CT molecular complexity index is 538. The van der Waals surface area contributed by atoms with Gasteiger partial charge in [0.15, 0.2) is 0 Å². The van der Waals surface area contributed by atoms with Crippen molar-refractivity contribution in [1.29, 1.82) is 0 Å². The van der Waals surface area contributed by atoms with Crippen LogP contribution in [0, 0.1) is 0 Å². The minimum Gasteiger partial charge on any atom is -0.493 e. The zero-order valence-electron chi connectivity index (χ0n) is 11.6. The van der Waals surface area contributed by atoms with Crippen molar-refractivity contribution in [3.63, 3.8) is 0 Å². The molecule has 0 unspecified atom stereocenters. The number of ether oxygens (including phenoxy) is 1. The lowest BCUT2D eigenvalue weighted by Gasteiger charge is -2.14. The molecular weight excluding hydrogens is 316 g/mol. The molecule has 20 heavy (non-hydrogen) atoms. The number of aliphatic hydroxyl groups excluding tert-OH is 1. The van der Waals surface area contributed by atoms with Gasteiger partial charge in [-0.3, -0.25) is 0 Å². The van der Waals surface area contributed by atoms with Crippen LogP contribution in [0.2, 0.25) is 0 Å². The van der Waals surface area contributed by atoms with Crippen LogP contribution in [0.1, 0.15) is 30.6 Å². The van der Waals surface area contributed by atoms with Gasteiger partial charge < -0.3 is 9.84 Å². The predicted octanol–water partition coefficient (Wildman–Crippen LogP) is 4.51. The highest BCUT2D eigenvalue weighted by Gasteiger charge is 2.09. The van der Waals surface area contributed by atoms with Crippen LogP contribution in [0.4, 0.5) is 0 Å². The molecule has 2 rings (SSSR count). The average Bonchev–Trinajstić information content (AvgIpc) is 2.45. The highest BCUT2D eigenvalue weighted by Crippen LogP contribution is 2.28. The Morgan fingerprint density at radius 2 is 1.90 bits per heavy atom. The van der Waals surface area contributed by atoms with Crippen LogP contribution in [-0.2, 0) is 6.42 Å². The summed E-state index contributed by atoms with van der Waals surface area (Å²) in [5.74, 6) is 0.760. The summed E-state index contributed by atoms with van der Waals surface area (Å²) in [4.78, 5) is 0. The number of hydrogen-bond donors (Lipinski definition) is 1. The maximum atomic E-state index is 9.76. The molecule has 0 aromatic heterocycles. The third kappa shape index (κ3) is 4.36. The highest BCUT2D eigenvalue weighted by molar-refractivity contribution is 9.10. The Morgan fingerprint density at radius 1 is 1.15 bits per heavy atom. The summed E-state index contributed by atoms with van der Waals surface area (Å²) in [7, 11) is 0. The van der Waals surface area contributed by atoms with E-state index in [9.17, 15) is 5.11 Å². The molecule has 1 atom stereocenters. The summed E-state index contributed by atoms with van der Waals surface area (Å²) in [6.45, 7) is 2.40. The van der Waals surface area contributed by atoms with Crippen LogP contribution in [-0.4, -0.2) is 11.7 Å². The normalized spacial score (nSPS) is 12.2. The largest absolute Gasteiger partial charge is 0.493 e. The van der Waals surface area contributed by atoms with Gasteiger partial charge in [-0.05, 0) is 43.5 Å². The molecule has 3 heteroatoms. The minimum absolute atomic E-state index is 0.531. The van der Waals surface area contributed by atoms with Crippen LogP contribution in [0.15, 0.2) is 53.0 Å². The summed E-state index contributed by atoms with van der Waals surface area (Å²) >= 11 is 3.41. The van der Waals surface area contributed by atoms with Gasteiger partial charge in [0.05, 0.1) is 12.7 Å². The van der Waals surface area contributed by atoms with Gasteiger partial charge in [0, 0.05) is 10.0 Å². The molecule has 1 N–H and O–H groups in total. The average molecular weight is 335 g/mol. The second kappa shape index (κ2) is 7.46. The molecule has 0 bridgehead atoms. The number of rotatable bonds is 6. The van der Waals surface area contributed by atoms with Gasteiger partial charge in [-0.1, -0.05) is 46.3 Å². The van der Waals surface area contributed by atoms with E-state index in [1.165, 1.54) is 5.56 Å². The van der Waals surface area contributed by atoms with Crippen molar-refractivity contribution in [1.82, 2.24) is 0 Å². The molecule has 0 spiro atoms. The topological polar surface area (TPSA) is 29.5 Å². The number of halogens is 1. The number of hydrogen-bond acceptors (Lipinski definition) is 2. The van der Waals surface area contributed by atoms with E-state index in [2.05, 4.69) is 40.2 Å². The Labute approximate surface area is 128 Å². The fraction of sp³-hybridized carbons (Fsp3) is 0.294. The van der Waals surface area contributed by atoms with Crippen molar-refractivity contribution in [3.8, 4) is 5.75 Å². The van der Waals surface area contributed by atoms with Crippen molar-refractivity contribution < 1.29 is 9.84 Å². The van der Waals surface area contributed by atoms with E-state index < -0.39 is 6.10 Å². The molecule has 106 valence electrons. The van der Waals surface area contributed by atoms with E-state index in [0.717, 1.165) is 28.6 Å². The smallest absolute Gasteiger partial charge is 0.125 e. The van der Waals surface area contributed by atoms with E-state index in [1.807, 2.05) is 24.3 Å². The quantitative estimate of drug-likeness (QED) is 0.787.